The molecule has 0 aromatic carbocycles. The molecule has 1 rings (SSSR count). The van der Waals surface area contributed by atoms with Crippen LogP contribution in [0.1, 0.15) is 123 Å². The van der Waals surface area contributed by atoms with Crippen molar-refractivity contribution in [3.8, 4) is 0 Å². The van der Waals surface area contributed by atoms with Crippen molar-refractivity contribution in [3.63, 3.8) is 0 Å². The van der Waals surface area contributed by atoms with E-state index in [1.165, 1.54) is 89.9 Å². The minimum Gasteiger partial charge on any atom is -0.544 e. The van der Waals surface area contributed by atoms with Gasteiger partial charge in [0, 0.05) is 13.3 Å². The van der Waals surface area contributed by atoms with E-state index in [1.807, 2.05) is 6.92 Å². The van der Waals surface area contributed by atoms with E-state index in [1.54, 1.807) is 12.4 Å². The Kier molecular flexibility index (Phi) is 16.1. The Morgan fingerprint density at radius 2 is 1.41 bits per heavy atom. The molecular weight excluding hydrogens is 398 g/mol. The zero-order valence-electron chi connectivity index (χ0n) is 20.9. The number of quaternary nitrogens is 1. The van der Waals surface area contributed by atoms with Crippen LogP contribution in [0.4, 0.5) is 0 Å². The number of allylic oxidation sites excluding steroid dienone is 2. The minimum atomic E-state index is -1.09. The lowest BCUT2D eigenvalue weighted by atomic mass is 10.0. The molecule has 0 bridgehead atoms. The third-order valence-corrected chi connectivity index (χ3v) is 6.66. The molecule has 184 valence electrons. The number of carboxylic acids is 1. The van der Waals surface area contributed by atoms with Crippen LogP contribution in [0.2, 0.25) is 0 Å². The maximum absolute atomic E-state index is 11.2. The second-order valence-electron chi connectivity index (χ2n) is 9.46. The second-order valence-corrected chi connectivity index (χ2v) is 9.46. The number of unbranched alkanes of at least 4 members (excludes halogenated alkanes) is 15. The third kappa shape index (κ3) is 12.0. The third-order valence-electron chi connectivity index (χ3n) is 6.66. The molecule has 2 N–H and O–H groups in total. The van der Waals surface area contributed by atoms with Gasteiger partial charge in [-0.2, -0.15) is 0 Å². The zero-order chi connectivity index (χ0) is 23.5. The molecule has 1 aliphatic rings. The molecule has 32 heavy (non-hydrogen) atoms. The summed E-state index contributed by atoms with van der Waals surface area (Å²) in [5.41, 5.74) is 6.09. The molecule has 1 heterocycles. The summed E-state index contributed by atoms with van der Waals surface area (Å²) >= 11 is 0. The lowest BCUT2D eigenvalue weighted by molar-refractivity contribution is -0.808. The van der Waals surface area contributed by atoms with Crippen molar-refractivity contribution in [2.75, 3.05) is 6.54 Å². The van der Waals surface area contributed by atoms with Crippen LogP contribution >= 0.6 is 0 Å². The van der Waals surface area contributed by atoms with E-state index in [-0.39, 0.29) is 17.2 Å². The highest BCUT2D eigenvalue weighted by molar-refractivity contribution is 5.81. The number of nitrogens with two attached hydrogens (primary N) is 1. The summed E-state index contributed by atoms with van der Waals surface area (Å²) in [5.74, 6) is -0.227. The lowest BCUT2D eigenvalue weighted by Crippen LogP contribution is -2.60. The van der Waals surface area contributed by atoms with Gasteiger partial charge in [0.1, 0.15) is 18.9 Å². The molecule has 0 spiro atoms. The topological polar surface area (TPSA) is 78.5 Å². The van der Waals surface area contributed by atoms with Crippen LogP contribution in [-0.4, -0.2) is 29.0 Å². The Hall–Kier alpha value is -1.46. The Morgan fingerprint density at radius 1 is 0.938 bits per heavy atom. The Balaban J connectivity index is 1.93. The fraction of sp³-hybridized carbons (Fsp3) is 0.778. The number of amidine groups is 1. The van der Waals surface area contributed by atoms with Gasteiger partial charge in [-0.3, -0.25) is 5.73 Å². The molecule has 5 heteroatoms. The van der Waals surface area contributed by atoms with Gasteiger partial charge in [0.2, 0.25) is 5.84 Å². The van der Waals surface area contributed by atoms with Crippen molar-refractivity contribution in [1.29, 1.82) is 0 Å². The molecule has 0 aromatic rings. The number of hydrogen-bond acceptors (Lipinski definition) is 4. The molecule has 0 fully saturated rings. The van der Waals surface area contributed by atoms with Gasteiger partial charge in [-0.05, 0) is 26.2 Å². The van der Waals surface area contributed by atoms with E-state index in [0.29, 0.717) is 0 Å². The predicted octanol–water partition coefficient (Wildman–Crippen LogP) is 5.95. The quantitative estimate of drug-likeness (QED) is 0.134. The molecule has 0 saturated carbocycles. The van der Waals surface area contributed by atoms with Gasteiger partial charge in [-0.1, -0.05) is 95.6 Å². The van der Waals surface area contributed by atoms with E-state index in [0.717, 1.165) is 25.1 Å². The van der Waals surface area contributed by atoms with Crippen molar-refractivity contribution in [2.24, 2.45) is 10.7 Å². The number of aliphatic imine (C=N–C) groups is 1. The Bertz CT molecular complexity index is 583. The Morgan fingerprint density at radius 3 is 1.84 bits per heavy atom. The molecule has 2 unspecified atom stereocenters. The van der Waals surface area contributed by atoms with Crippen LogP contribution in [0.15, 0.2) is 29.5 Å². The van der Waals surface area contributed by atoms with Crippen molar-refractivity contribution < 1.29 is 14.4 Å². The number of rotatable bonds is 21. The fourth-order valence-electron chi connectivity index (χ4n) is 4.59. The zero-order valence-corrected chi connectivity index (χ0v) is 20.9. The van der Waals surface area contributed by atoms with Crippen molar-refractivity contribution in [3.05, 3.63) is 24.6 Å². The summed E-state index contributed by atoms with van der Waals surface area (Å²) in [6.45, 7) is 3.80. The average Bonchev–Trinajstić information content (AvgIpc) is 3.16. The summed E-state index contributed by atoms with van der Waals surface area (Å²) in [6, 6.07) is 0. The fourth-order valence-corrected chi connectivity index (χ4v) is 4.59. The number of hydrogen-bond donors (Lipinski definition) is 1. The van der Waals surface area contributed by atoms with E-state index in [2.05, 4.69) is 24.1 Å². The molecule has 0 aliphatic carbocycles. The largest absolute Gasteiger partial charge is 0.544 e. The number of carboxylic acid groups (broad SMARTS) is 1. The van der Waals surface area contributed by atoms with Gasteiger partial charge in [-0.25, -0.2) is 9.48 Å². The smallest absolute Gasteiger partial charge is 0.209 e. The molecule has 2 atom stereocenters. The van der Waals surface area contributed by atoms with Crippen molar-refractivity contribution in [2.45, 2.75) is 129 Å². The summed E-state index contributed by atoms with van der Waals surface area (Å²) in [7, 11) is 0. The van der Waals surface area contributed by atoms with E-state index in [9.17, 15) is 9.90 Å². The van der Waals surface area contributed by atoms with Gasteiger partial charge in [0.15, 0.2) is 0 Å². The number of aliphatic carboxylic acids is 1. The summed E-state index contributed by atoms with van der Waals surface area (Å²) in [5, 5.41) is 11.2. The van der Waals surface area contributed by atoms with E-state index in [4.69, 9.17) is 5.73 Å². The first-order valence-electron chi connectivity index (χ1n) is 13.2. The van der Waals surface area contributed by atoms with Crippen LogP contribution < -0.4 is 10.8 Å². The minimum absolute atomic E-state index is 0.110. The molecule has 0 amide bonds. The maximum Gasteiger partial charge on any atom is 0.209 e. The SMILES string of the molecule is C/C=C/CCCCCCCCCCCCCCCCCC1=NC=C[N+]1(CC(=O)[O-])C(C)N. The summed E-state index contributed by atoms with van der Waals surface area (Å²) < 4.78 is 0.110. The standard InChI is InChI=1S/C27H49N3O2/c1-3-4-5-6-7-8-9-10-11-12-13-14-15-16-17-18-19-20-21-26-29-22-23-30(26,25(2)28)24-27(31)32/h3-4,22-23,25H,5-21,24,28H2,1-2H3/b4-3+. The molecular formula is C27H49N3O2. The normalized spacial score (nSPS) is 19.0. The van der Waals surface area contributed by atoms with Crippen LogP contribution in [0, 0.1) is 0 Å². The van der Waals surface area contributed by atoms with Crippen molar-refractivity contribution >= 4 is 11.8 Å². The number of nitrogens with zero attached hydrogens (tertiary/aromatic N) is 2. The first-order chi connectivity index (χ1) is 15.5. The van der Waals surface area contributed by atoms with Crippen LogP contribution in [0.3, 0.4) is 0 Å². The molecule has 5 nitrogen and oxygen atoms in total. The molecule has 0 radical (unpaired) electrons. The summed E-state index contributed by atoms with van der Waals surface area (Å²) in [4.78, 5) is 15.6. The van der Waals surface area contributed by atoms with E-state index >= 15 is 0 Å². The lowest BCUT2D eigenvalue weighted by Gasteiger charge is -2.36. The molecule has 0 saturated heterocycles. The first-order valence-corrected chi connectivity index (χ1v) is 13.2. The number of carbonyl (C=O) groups is 1. The number of carbonyl (C=O) groups excluding carboxylic acids is 1. The van der Waals surface area contributed by atoms with Gasteiger partial charge in [-0.15, -0.1) is 0 Å². The van der Waals surface area contributed by atoms with Gasteiger partial charge >= 0.3 is 0 Å². The Labute approximate surface area is 197 Å². The predicted molar refractivity (Wildman–Crippen MR) is 134 cm³/mol. The van der Waals surface area contributed by atoms with Crippen LogP contribution in [0.25, 0.3) is 0 Å². The van der Waals surface area contributed by atoms with Crippen LogP contribution in [0.5, 0.6) is 0 Å². The monoisotopic (exact) mass is 447 g/mol. The highest BCUT2D eigenvalue weighted by Gasteiger charge is 2.38. The van der Waals surface area contributed by atoms with Gasteiger partial charge in [0.25, 0.3) is 0 Å². The molecule has 1 aliphatic heterocycles. The van der Waals surface area contributed by atoms with Crippen LogP contribution in [-0.2, 0) is 4.79 Å². The highest BCUT2D eigenvalue weighted by atomic mass is 16.4. The van der Waals surface area contributed by atoms with E-state index < -0.39 is 5.97 Å². The second kappa shape index (κ2) is 18.0. The van der Waals surface area contributed by atoms with Gasteiger partial charge < -0.3 is 9.90 Å². The van der Waals surface area contributed by atoms with Crippen molar-refractivity contribution in [1.82, 2.24) is 0 Å². The summed E-state index contributed by atoms with van der Waals surface area (Å²) in [6.07, 6.45) is 29.6. The first kappa shape index (κ1) is 28.6. The highest BCUT2D eigenvalue weighted by Crippen LogP contribution is 2.23. The van der Waals surface area contributed by atoms with Gasteiger partial charge in [0.05, 0.1) is 12.2 Å². The molecule has 0 aromatic heterocycles. The average molecular weight is 448 g/mol. The maximum atomic E-state index is 11.2.